The number of alkyl halides is 2. The summed E-state index contributed by atoms with van der Waals surface area (Å²) < 4.78 is 32.0. The summed E-state index contributed by atoms with van der Waals surface area (Å²) in [5.41, 5.74) is 0. The van der Waals surface area contributed by atoms with Crippen molar-refractivity contribution in [3.05, 3.63) is 10.6 Å². The highest BCUT2D eigenvalue weighted by molar-refractivity contribution is 9.11. The van der Waals surface area contributed by atoms with E-state index in [9.17, 15) is 13.6 Å². The highest BCUT2D eigenvalue weighted by atomic mass is 79.9. The molecule has 0 aliphatic rings. The van der Waals surface area contributed by atoms with Crippen molar-refractivity contribution in [2.24, 2.45) is 0 Å². The molecule has 0 unspecified atom stereocenters. The van der Waals surface area contributed by atoms with E-state index >= 15 is 0 Å². The van der Waals surface area contributed by atoms with E-state index in [1.54, 1.807) is 6.08 Å². The van der Waals surface area contributed by atoms with Crippen molar-refractivity contribution >= 4 is 21.9 Å². The van der Waals surface area contributed by atoms with Crippen LogP contribution in [0.1, 0.15) is 58.8 Å². The van der Waals surface area contributed by atoms with Gasteiger partial charge in [0.1, 0.15) is 0 Å². The molecule has 0 N–H and O–H groups in total. The van der Waals surface area contributed by atoms with Gasteiger partial charge in [0.05, 0.1) is 11.1 Å². The number of carbonyl (C=O) groups excluding carboxylic acids is 1. The minimum Gasteiger partial charge on any atom is -0.466 e. The first-order valence-corrected chi connectivity index (χ1v) is 7.56. The summed E-state index contributed by atoms with van der Waals surface area (Å²) in [6.45, 7) is 3.70. The highest BCUT2D eigenvalue weighted by Gasteiger charge is 2.31. The third-order valence-corrected chi connectivity index (χ3v) is 3.56. The van der Waals surface area contributed by atoms with Crippen LogP contribution >= 0.6 is 15.9 Å². The fourth-order valence-corrected chi connectivity index (χ4v) is 1.99. The zero-order valence-corrected chi connectivity index (χ0v) is 13.3. The molecule has 0 spiro atoms. The molecular formula is C14H23BrF2O2. The van der Waals surface area contributed by atoms with E-state index in [1.165, 1.54) is 6.92 Å². The van der Waals surface area contributed by atoms with Crippen LogP contribution in [0.4, 0.5) is 8.78 Å². The van der Waals surface area contributed by atoms with Gasteiger partial charge in [-0.2, -0.15) is 0 Å². The molecule has 0 aliphatic carbocycles. The minimum absolute atomic E-state index is 0.00163. The first kappa shape index (κ1) is 18.6. The maximum Gasteiger partial charge on any atom is 0.302 e. The average Bonchev–Trinajstić information content (AvgIpc) is 2.34. The molecule has 0 saturated heterocycles. The molecule has 0 aromatic carbocycles. The van der Waals surface area contributed by atoms with Crippen LogP contribution in [0.2, 0.25) is 0 Å². The van der Waals surface area contributed by atoms with Crippen molar-refractivity contribution in [1.29, 1.82) is 0 Å². The van der Waals surface area contributed by atoms with Crippen LogP contribution < -0.4 is 0 Å². The van der Waals surface area contributed by atoms with Crippen LogP contribution in [-0.2, 0) is 9.53 Å². The van der Waals surface area contributed by atoms with E-state index in [0.717, 1.165) is 25.7 Å². The summed E-state index contributed by atoms with van der Waals surface area (Å²) in [6, 6.07) is 0. The van der Waals surface area contributed by atoms with Gasteiger partial charge in [0.15, 0.2) is 0 Å². The van der Waals surface area contributed by atoms with Crippen LogP contribution in [0.15, 0.2) is 10.6 Å². The lowest BCUT2D eigenvalue weighted by Gasteiger charge is -2.15. The topological polar surface area (TPSA) is 26.3 Å². The molecule has 0 saturated carbocycles. The number of carbonyl (C=O) groups is 1. The Morgan fingerprint density at radius 2 is 1.89 bits per heavy atom. The van der Waals surface area contributed by atoms with Crippen LogP contribution in [-0.4, -0.2) is 18.5 Å². The number of hydrogen-bond acceptors (Lipinski definition) is 2. The third kappa shape index (κ3) is 10.0. The molecule has 0 rings (SSSR count). The fraction of sp³-hybridized carbons (Fsp3) is 0.786. The SMILES string of the molecule is CCC/C=C(\Br)C(F)(F)CCCCCCOC(C)=O. The third-order valence-electron chi connectivity index (χ3n) is 2.65. The van der Waals surface area contributed by atoms with Gasteiger partial charge in [-0.25, -0.2) is 8.78 Å². The van der Waals surface area contributed by atoms with Gasteiger partial charge in [-0.05, 0) is 35.2 Å². The molecule has 2 nitrogen and oxygen atoms in total. The lowest BCUT2D eigenvalue weighted by atomic mass is 10.1. The quantitative estimate of drug-likeness (QED) is 0.402. The van der Waals surface area contributed by atoms with Crippen LogP contribution in [0.5, 0.6) is 0 Å². The van der Waals surface area contributed by atoms with Gasteiger partial charge >= 0.3 is 5.97 Å². The molecule has 0 bridgehead atoms. The molecule has 0 aromatic rings. The van der Waals surface area contributed by atoms with Crippen molar-refractivity contribution in [3.63, 3.8) is 0 Å². The Bertz CT molecular complexity index is 291. The lowest BCUT2D eigenvalue weighted by Crippen LogP contribution is -2.15. The van der Waals surface area contributed by atoms with Crippen LogP contribution in [0, 0.1) is 0 Å². The molecule has 0 aliphatic heterocycles. The average molecular weight is 341 g/mol. The Morgan fingerprint density at radius 1 is 1.26 bits per heavy atom. The van der Waals surface area contributed by atoms with E-state index in [1.807, 2.05) is 6.92 Å². The summed E-state index contributed by atoms with van der Waals surface area (Å²) in [7, 11) is 0. The first-order valence-electron chi connectivity index (χ1n) is 6.77. The summed E-state index contributed by atoms with van der Waals surface area (Å²) >= 11 is 2.96. The molecule has 0 aromatic heterocycles. The minimum atomic E-state index is -2.76. The van der Waals surface area contributed by atoms with Gasteiger partial charge in [-0.3, -0.25) is 4.79 Å². The Morgan fingerprint density at radius 3 is 2.47 bits per heavy atom. The van der Waals surface area contributed by atoms with Crippen molar-refractivity contribution in [2.45, 2.75) is 64.7 Å². The summed E-state index contributed by atoms with van der Waals surface area (Å²) in [5.74, 6) is -3.05. The van der Waals surface area contributed by atoms with Crippen molar-refractivity contribution in [3.8, 4) is 0 Å². The molecule has 0 fully saturated rings. The van der Waals surface area contributed by atoms with E-state index < -0.39 is 5.92 Å². The van der Waals surface area contributed by atoms with Crippen molar-refractivity contribution < 1.29 is 18.3 Å². The van der Waals surface area contributed by atoms with Crippen LogP contribution in [0.25, 0.3) is 0 Å². The Balaban J connectivity index is 3.71. The van der Waals surface area contributed by atoms with E-state index in [4.69, 9.17) is 4.74 Å². The van der Waals surface area contributed by atoms with Gasteiger partial charge in [-0.1, -0.05) is 32.3 Å². The number of allylic oxidation sites excluding steroid dienone is 2. The number of esters is 1. The van der Waals surface area contributed by atoms with Crippen molar-refractivity contribution in [1.82, 2.24) is 0 Å². The summed E-state index contributed by atoms with van der Waals surface area (Å²) in [5, 5.41) is 0. The van der Waals surface area contributed by atoms with E-state index in [-0.39, 0.29) is 16.9 Å². The largest absolute Gasteiger partial charge is 0.466 e. The summed E-state index contributed by atoms with van der Waals surface area (Å²) in [4.78, 5) is 10.5. The Kier molecular flexibility index (Phi) is 10.1. The number of halogens is 3. The fourth-order valence-electron chi connectivity index (χ4n) is 1.56. The predicted octanol–water partition coefficient (Wildman–Crippen LogP) is 5.21. The molecule has 5 heteroatoms. The van der Waals surface area contributed by atoms with Crippen molar-refractivity contribution in [2.75, 3.05) is 6.61 Å². The molecule has 0 atom stereocenters. The van der Waals surface area contributed by atoms with Gasteiger partial charge in [0.25, 0.3) is 5.92 Å². The molecule has 19 heavy (non-hydrogen) atoms. The zero-order valence-electron chi connectivity index (χ0n) is 11.7. The number of ether oxygens (including phenoxy) is 1. The molecule has 0 amide bonds. The molecule has 0 radical (unpaired) electrons. The second-order valence-electron chi connectivity index (χ2n) is 4.55. The zero-order chi connectivity index (χ0) is 14.7. The normalized spacial score (nSPS) is 12.6. The predicted molar refractivity (Wildman–Crippen MR) is 76.6 cm³/mol. The second kappa shape index (κ2) is 10.4. The van der Waals surface area contributed by atoms with Gasteiger partial charge in [0.2, 0.25) is 0 Å². The van der Waals surface area contributed by atoms with E-state index in [0.29, 0.717) is 19.4 Å². The second-order valence-corrected chi connectivity index (χ2v) is 5.40. The monoisotopic (exact) mass is 340 g/mol. The number of rotatable bonds is 10. The Labute approximate surface area is 122 Å². The highest BCUT2D eigenvalue weighted by Crippen LogP contribution is 2.34. The maximum atomic E-state index is 13.6. The smallest absolute Gasteiger partial charge is 0.302 e. The van der Waals surface area contributed by atoms with Gasteiger partial charge < -0.3 is 4.74 Å². The molecular weight excluding hydrogens is 318 g/mol. The Hall–Kier alpha value is -0.450. The van der Waals surface area contributed by atoms with Gasteiger partial charge in [0, 0.05) is 13.3 Å². The van der Waals surface area contributed by atoms with Gasteiger partial charge in [-0.15, -0.1) is 0 Å². The summed E-state index contributed by atoms with van der Waals surface area (Å²) in [6.07, 6.45) is 5.69. The standard InChI is InChI=1S/C14H23BrF2O2/c1-3-4-9-13(15)14(16,17)10-7-5-6-8-11-19-12(2)18/h9H,3-8,10-11H2,1-2H3/b13-9-. The van der Waals surface area contributed by atoms with E-state index in [2.05, 4.69) is 15.9 Å². The number of hydrogen-bond donors (Lipinski definition) is 0. The molecule has 0 heterocycles. The lowest BCUT2D eigenvalue weighted by molar-refractivity contribution is -0.141. The first-order chi connectivity index (χ1) is 8.90. The van der Waals surface area contributed by atoms with Crippen LogP contribution in [0.3, 0.4) is 0 Å². The molecule has 112 valence electrons. The number of unbranched alkanes of at least 4 members (excludes halogenated alkanes) is 4. The maximum absolute atomic E-state index is 13.6.